The van der Waals surface area contributed by atoms with Crippen LogP contribution in [0.1, 0.15) is 12.0 Å². The topological polar surface area (TPSA) is 74.1 Å². The number of aromatic nitrogens is 3. The number of benzene rings is 2. The van der Waals surface area contributed by atoms with Gasteiger partial charge in [0.15, 0.2) is 5.65 Å². The summed E-state index contributed by atoms with van der Waals surface area (Å²) in [5, 5.41) is 0.530. The molecule has 0 saturated carbocycles. The molecule has 0 aliphatic heterocycles. The SMILES string of the molecule is C=CCCOc1cccc(-c2nc(Cl)nc3c2ccn3S(=O)(=O)c2ccc(C)cc2)c1. The minimum absolute atomic E-state index is 0.0421. The van der Waals surface area contributed by atoms with Crippen LogP contribution in [0.25, 0.3) is 22.3 Å². The van der Waals surface area contributed by atoms with Crippen molar-refractivity contribution in [3.63, 3.8) is 0 Å². The average molecular weight is 454 g/mol. The van der Waals surface area contributed by atoms with Gasteiger partial charge in [-0.3, -0.25) is 0 Å². The lowest BCUT2D eigenvalue weighted by molar-refractivity contribution is 0.325. The lowest BCUT2D eigenvalue weighted by Crippen LogP contribution is -2.12. The van der Waals surface area contributed by atoms with E-state index in [1.54, 1.807) is 36.4 Å². The number of fused-ring (bicyclic) bond motifs is 1. The van der Waals surface area contributed by atoms with Gasteiger partial charge in [0, 0.05) is 17.1 Å². The standard InChI is InChI=1S/C23H20ClN3O3S/c1-3-4-14-30-18-7-5-6-17(15-18)21-20-12-13-27(22(20)26-23(24)25-21)31(28,29)19-10-8-16(2)9-11-19/h3,5-13,15H,1,4,14H2,2H3. The first-order chi connectivity index (χ1) is 14.9. The molecule has 0 saturated heterocycles. The molecule has 2 heterocycles. The molecule has 158 valence electrons. The summed E-state index contributed by atoms with van der Waals surface area (Å²) >= 11 is 6.19. The lowest BCUT2D eigenvalue weighted by atomic mass is 10.1. The molecule has 8 heteroatoms. The summed E-state index contributed by atoms with van der Waals surface area (Å²) in [7, 11) is -3.84. The van der Waals surface area contributed by atoms with Crippen LogP contribution >= 0.6 is 11.6 Å². The van der Waals surface area contributed by atoms with E-state index in [1.165, 1.54) is 6.20 Å². The summed E-state index contributed by atoms with van der Waals surface area (Å²) in [6.07, 6.45) is 3.99. The fraction of sp³-hybridized carbons (Fsp3) is 0.130. The van der Waals surface area contributed by atoms with Crippen LogP contribution in [0.2, 0.25) is 5.28 Å². The van der Waals surface area contributed by atoms with Crippen molar-refractivity contribution >= 4 is 32.7 Å². The predicted molar refractivity (Wildman–Crippen MR) is 122 cm³/mol. The molecule has 0 spiro atoms. The molecular formula is C23H20ClN3O3S. The van der Waals surface area contributed by atoms with Crippen molar-refractivity contribution in [2.75, 3.05) is 6.61 Å². The van der Waals surface area contributed by atoms with E-state index < -0.39 is 10.0 Å². The van der Waals surface area contributed by atoms with Crippen LogP contribution in [-0.2, 0) is 10.0 Å². The Morgan fingerprint density at radius 1 is 1.13 bits per heavy atom. The Morgan fingerprint density at radius 2 is 1.90 bits per heavy atom. The smallest absolute Gasteiger partial charge is 0.269 e. The molecule has 0 radical (unpaired) electrons. The normalized spacial score (nSPS) is 11.5. The maximum absolute atomic E-state index is 13.2. The van der Waals surface area contributed by atoms with Crippen LogP contribution in [0.3, 0.4) is 0 Å². The summed E-state index contributed by atoms with van der Waals surface area (Å²) in [4.78, 5) is 8.74. The molecule has 0 bridgehead atoms. The summed E-state index contributed by atoms with van der Waals surface area (Å²) in [6.45, 7) is 6.10. The third-order valence-corrected chi connectivity index (χ3v) is 6.61. The van der Waals surface area contributed by atoms with Crippen molar-refractivity contribution in [1.82, 2.24) is 13.9 Å². The van der Waals surface area contributed by atoms with Crippen LogP contribution in [0.4, 0.5) is 0 Å². The van der Waals surface area contributed by atoms with E-state index in [0.29, 0.717) is 23.4 Å². The Kier molecular flexibility index (Phi) is 5.80. The van der Waals surface area contributed by atoms with Gasteiger partial charge in [-0.15, -0.1) is 6.58 Å². The van der Waals surface area contributed by atoms with Gasteiger partial charge in [-0.2, -0.15) is 4.98 Å². The Morgan fingerprint density at radius 3 is 2.65 bits per heavy atom. The molecule has 0 amide bonds. The number of halogens is 1. The minimum atomic E-state index is -3.84. The molecule has 0 unspecified atom stereocenters. The van der Waals surface area contributed by atoms with Crippen LogP contribution in [0, 0.1) is 6.92 Å². The van der Waals surface area contributed by atoms with Crippen LogP contribution in [0.5, 0.6) is 5.75 Å². The predicted octanol–water partition coefficient (Wildman–Crippen LogP) is 5.25. The number of ether oxygens (including phenoxy) is 1. The fourth-order valence-electron chi connectivity index (χ4n) is 3.20. The van der Waals surface area contributed by atoms with Crippen molar-refractivity contribution < 1.29 is 13.2 Å². The van der Waals surface area contributed by atoms with Crippen molar-refractivity contribution in [2.45, 2.75) is 18.2 Å². The summed E-state index contributed by atoms with van der Waals surface area (Å²) in [5.74, 6) is 0.675. The second kappa shape index (κ2) is 8.53. The second-order valence-electron chi connectivity index (χ2n) is 6.96. The first-order valence-corrected chi connectivity index (χ1v) is 11.4. The van der Waals surface area contributed by atoms with E-state index in [1.807, 2.05) is 31.2 Å². The number of hydrogen-bond acceptors (Lipinski definition) is 5. The zero-order valence-corrected chi connectivity index (χ0v) is 18.4. The van der Waals surface area contributed by atoms with Gasteiger partial charge in [0.25, 0.3) is 10.0 Å². The molecule has 0 aliphatic carbocycles. The van der Waals surface area contributed by atoms with Gasteiger partial charge in [0.05, 0.1) is 17.2 Å². The molecule has 0 N–H and O–H groups in total. The molecule has 4 rings (SSSR count). The molecule has 31 heavy (non-hydrogen) atoms. The van der Waals surface area contributed by atoms with Crippen LogP contribution < -0.4 is 4.74 Å². The average Bonchev–Trinajstić information content (AvgIpc) is 3.18. The second-order valence-corrected chi connectivity index (χ2v) is 9.11. The van der Waals surface area contributed by atoms with Crippen molar-refractivity contribution in [3.8, 4) is 17.0 Å². The third kappa shape index (κ3) is 4.19. The van der Waals surface area contributed by atoms with E-state index in [9.17, 15) is 8.42 Å². The van der Waals surface area contributed by atoms with Gasteiger partial charge >= 0.3 is 0 Å². The van der Waals surface area contributed by atoms with Gasteiger partial charge in [0.1, 0.15) is 5.75 Å². The number of rotatable bonds is 7. The quantitative estimate of drug-likeness (QED) is 0.217. The molecule has 0 aliphatic rings. The van der Waals surface area contributed by atoms with Crippen molar-refractivity contribution in [3.05, 3.63) is 84.3 Å². The summed E-state index contributed by atoms with van der Waals surface area (Å²) < 4.78 is 33.3. The van der Waals surface area contributed by atoms with Gasteiger partial charge in [-0.1, -0.05) is 35.9 Å². The molecular weight excluding hydrogens is 434 g/mol. The highest BCUT2D eigenvalue weighted by Gasteiger charge is 2.22. The Hall–Kier alpha value is -3.16. The van der Waals surface area contributed by atoms with E-state index in [2.05, 4.69) is 16.5 Å². The number of nitrogens with zero attached hydrogens (tertiary/aromatic N) is 3. The zero-order valence-electron chi connectivity index (χ0n) is 16.8. The van der Waals surface area contributed by atoms with Gasteiger partial charge in [0.2, 0.25) is 5.28 Å². The Labute approximate surface area is 185 Å². The molecule has 2 aromatic carbocycles. The number of hydrogen-bond donors (Lipinski definition) is 0. The Balaban J connectivity index is 1.82. The zero-order chi connectivity index (χ0) is 22.0. The largest absolute Gasteiger partial charge is 0.493 e. The highest BCUT2D eigenvalue weighted by Crippen LogP contribution is 2.31. The van der Waals surface area contributed by atoms with Crippen molar-refractivity contribution in [2.24, 2.45) is 0 Å². The monoisotopic (exact) mass is 453 g/mol. The molecule has 0 atom stereocenters. The minimum Gasteiger partial charge on any atom is -0.493 e. The number of aryl methyl sites for hydroxylation is 1. The maximum Gasteiger partial charge on any atom is 0.269 e. The maximum atomic E-state index is 13.2. The highest BCUT2D eigenvalue weighted by molar-refractivity contribution is 7.90. The fourth-order valence-corrected chi connectivity index (χ4v) is 4.66. The first-order valence-electron chi connectivity index (χ1n) is 9.61. The van der Waals surface area contributed by atoms with Crippen LogP contribution in [-0.4, -0.2) is 29.0 Å². The molecule has 4 aromatic rings. The molecule has 6 nitrogen and oxygen atoms in total. The van der Waals surface area contributed by atoms with Crippen molar-refractivity contribution in [1.29, 1.82) is 0 Å². The summed E-state index contributed by atoms with van der Waals surface area (Å²) in [5.41, 5.74) is 2.46. The van der Waals surface area contributed by atoms with Gasteiger partial charge in [-0.05, 0) is 55.3 Å². The highest BCUT2D eigenvalue weighted by atomic mass is 35.5. The first kappa shape index (κ1) is 21.1. The third-order valence-electron chi connectivity index (χ3n) is 4.76. The molecule has 2 aromatic heterocycles. The van der Waals surface area contributed by atoms with Gasteiger partial charge in [-0.25, -0.2) is 17.4 Å². The van der Waals surface area contributed by atoms with E-state index in [4.69, 9.17) is 16.3 Å². The van der Waals surface area contributed by atoms with E-state index >= 15 is 0 Å². The summed E-state index contributed by atoms with van der Waals surface area (Å²) in [6, 6.07) is 15.7. The Bertz CT molecular complexity index is 1360. The van der Waals surface area contributed by atoms with Crippen LogP contribution in [0.15, 0.2) is 78.3 Å². The van der Waals surface area contributed by atoms with Gasteiger partial charge < -0.3 is 4.74 Å². The lowest BCUT2D eigenvalue weighted by Gasteiger charge is -2.10. The molecule has 0 fully saturated rings. The van der Waals surface area contributed by atoms with E-state index in [0.717, 1.165) is 21.5 Å². The van der Waals surface area contributed by atoms with E-state index in [-0.39, 0.29) is 15.8 Å².